The van der Waals surface area contributed by atoms with Crippen molar-refractivity contribution in [2.45, 2.75) is 19.4 Å². The number of fused-ring (bicyclic) bond motifs is 1. The molecule has 4 heterocycles. The number of carbonyl (C=O) groups is 1. The summed E-state index contributed by atoms with van der Waals surface area (Å²) in [5.41, 5.74) is 4.17. The van der Waals surface area contributed by atoms with E-state index in [4.69, 9.17) is 4.74 Å². The van der Waals surface area contributed by atoms with Crippen molar-refractivity contribution in [2.75, 3.05) is 32.8 Å². The zero-order chi connectivity index (χ0) is 20.3. The van der Waals surface area contributed by atoms with E-state index in [1.54, 1.807) is 10.9 Å². The Bertz CT molecular complexity index is 1060. The molecule has 5 rings (SSSR count). The summed E-state index contributed by atoms with van der Waals surface area (Å²) in [5.74, 6) is 0.779. The van der Waals surface area contributed by atoms with Gasteiger partial charge in [-0.05, 0) is 56.3 Å². The molecule has 0 saturated carbocycles. The Labute approximate surface area is 175 Å². The van der Waals surface area contributed by atoms with Gasteiger partial charge in [-0.25, -0.2) is 0 Å². The summed E-state index contributed by atoms with van der Waals surface area (Å²) >= 11 is 0. The standard InChI is InChI=1S/C23H25N5O2/c29-23-22-16-21(26-28(22)11-8-25-23)18-6-7-24-20(15-18)17-4-3-5-19(14-17)30-13-12-27-9-1-2-10-27/h3-7,14-16H,1-2,8-13H2,(H,25,29). The van der Waals surface area contributed by atoms with Crippen molar-refractivity contribution in [1.29, 1.82) is 0 Å². The minimum atomic E-state index is -0.0759. The van der Waals surface area contributed by atoms with Crippen molar-refractivity contribution in [2.24, 2.45) is 0 Å². The molecule has 1 N–H and O–H groups in total. The third kappa shape index (κ3) is 3.93. The normalized spacial score (nSPS) is 16.3. The molecular weight excluding hydrogens is 378 g/mol. The Morgan fingerprint density at radius 2 is 1.87 bits per heavy atom. The Morgan fingerprint density at radius 3 is 2.73 bits per heavy atom. The molecule has 0 atom stereocenters. The van der Waals surface area contributed by atoms with Crippen LogP contribution in [0.15, 0.2) is 48.7 Å². The maximum absolute atomic E-state index is 12.0. The molecule has 1 saturated heterocycles. The summed E-state index contributed by atoms with van der Waals surface area (Å²) < 4.78 is 7.75. The number of carbonyl (C=O) groups excluding carboxylic acids is 1. The number of nitrogens with zero attached hydrogens (tertiary/aromatic N) is 4. The van der Waals surface area contributed by atoms with E-state index in [-0.39, 0.29) is 5.91 Å². The number of nitrogens with one attached hydrogen (secondary N) is 1. The van der Waals surface area contributed by atoms with Crippen LogP contribution in [0, 0.1) is 0 Å². The quantitative estimate of drug-likeness (QED) is 0.685. The number of aromatic nitrogens is 3. The molecule has 2 aliphatic rings. The largest absolute Gasteiger partial charge is 0.492 e. The van der Waals surface area contributed by atoms with Crippen molar-refractivity contribution in [3.63, 3.8) is 0 Å². The lowest BCUT2D eigenvalue weighted by molar-refractivity contribution is 0.0924. The topological polar surface area (TPSA) is 72.3 Å². The highest BCUT2D eigenvalue weighted by molar-refractivity contribution is 5.94. The Balaban J connectivity index is 1.33. The predicted octanol–water partition coefficient (Wildman–Crippen LogP) is 2.83. The summed E-state index contributed by atoms with van der Waals surface area (Å²) in [6.45, 7) is 5.32. The van der Waals surface area contributed by atoms with Crippen molar-refractivity contribution in [3.05, 3.63) is 54.4 Å². The van der Waals surface area contributed by atoms with E-state index in [9.17, 15) is 4.79 Å². The van der Waals surface area contributed by atoms with E-state index in [0.29, 0.717) is 25.4 Å². The highest BCUT2D eigenvalue weighted by atomic mass is 16.5. The lowest BCUT2D eigenvalue weighted by atomic mass is 10.1. The summed E-state index contributed by atoms with van der Waals surface area (Å²) in [7, 11) is 0. The smallest absolute Gasteiger partial charge is 0.269 e. The SMILES string of the molecule is O=C1NCCn2nc(-c3ccnc(-c4cccc(OCCN5CCCC5)c4)c3)cc21. The van der Waals surface area contributed by atoms with Crippen molar-refractivity contribution in [3.8, 4) is 28.3 Å². The molecule has 0 spiro atoms. The van der Waals surface area contributed by atoms with Crippen LogP contribution in [0.25, 0.3) is 22.5 Å². The molecule has 3 aromatic rings. The average Bonchev–Trinajstić information content (AvgIpc) is 3.45. The van der Waals surface area contributed by atoms with Gasteiger partial charge in [-0.15, -0.1) is 0 Å². The minimum absolute atomic E-state index is 0.0759. The Kier molecular flexibility index (Phi) is 5.19. The average molecular weight is 403 g/mol. The fourth-order valence-corrected chi connectivity index (χ4v) is 4.07. The van der Waals surface area contributed by atoms with E-state index in [1.807, 2.05) is 42.5 Å². The number of hydrogen-bond donors (Lipinski definition) is 1. The summed E-state index contributed by atoms with van der Waals surface area (Å²) in [6.07, 6.45) is 4.37. The molecule has 0 aliphatic carbocycles. The first-order valence-electron chi connectivity index (χ1n) is 10.5. The number of ether oxygens (including phenoxy) is 1. The molecule has 1 fully saturated rings. The first kappa shape index (κ1) is 18.8. The number of likely N-dealkylation sites (tertiary alicyclic amines) is 1. The van der Waals surface area contributed by atoms with Gasteiger partial charge in [0.05, 0.1) is 17.9 Å². The van der Waals surface area contributed by atoms with Crippen LogP contribution in [-0.4, -0.2) is 58.4 Å². The van der Waals surface area contributed by atoms with Gasteiger partial charge in [0.1, 0.15) is 18.1 Å². The van der Waals surface area contributed by atoms with Crippen LogP contribution >= 0.6 is 0 Å². The molecule has 2 aromatic heterocycles. The predicted molar refractivity (Wildman–Crippen MR) is 114 cm³/mol. The fraction of sp³-hybridized carbons (Fsp3) is 0.348. The van der Waals surface area contributed by atoms with Gasteiger partial charge < -0.3 is 10.1 Å². The molecule has 7 heteroatoms. The molecular formula is C23H25N5O2. The van der Waals surface area contributed by atoms with Gasteiger partial charge in [-0.3, -0.25) is 19.4 Å². The van der Waals surface area contributed by atoms with E-state index >= 15 is 0 Å². The van der Waals surface area contributed by atoms with Crippen molar-refractivity contribution < 1.29 is 9.53 Å². The molecule has 2 aliphatic heterocycles. The second kappa shape index (κ2) is 8.28. The van der Waals surface area contributed by atoms with Crippen LogP contribution in [-0.2, 0) is 6.54 Å². The highest BCUT2D eigenvalue weighted by Gasteiger charge is 2.20. The van der Waals surface area contributed by atoms with E-state index in [1.165, 1.54) is 25.9 Å². The minimum Gasteiger partial charge on any atom is -0.492 e. The third-order valence-corrected chi connectivity index (χ3v) is 5.68. The van der Waals surface area contributed by atoms with Crippen LogP contribution in [0.2, 0.25) is 0 Å². The maximum Gasteiger partial charge on any atom is 0.269 e. The Morgan fingerprint density at radius 1 is 1.00 bits per heavy atom. The molecule has 1 aromatic carbocycles. The summed E-state index contributed by atoms with van der Waals surface area (Å²) in [5, 5.41) is 7.45. The maximum atomic E-state index is 12.0. The van der Waals surface area contributed by atoms with Gasteiger partial charge >= 0.3 is 0 Å². The first-order valence-corrected chi connectivity index (χ1v) is 10.5. The van der Waals surface area contributed by atoms with Crippen LogP contribution in [0.5, 0.6) is 5.75 Å². The second-order valence-corrected chi connectivity index (χ2v) is 7.75. The number of rotatable bonds is 6. The Hall–Kier alpha value is -3.19. The monoisotopic (exact) mass is 403 g/mol. The molecule has 0 bridgehead atoms. The summed E-state index contributed by atoms with van der Waals surface area (Å²) in [6, 6.07) is 13.8. The first-order chi connectivity index (χ1) is 14.8. The zero-order valence-corrected chi connectivity index (χ0v) is 16.9. The van der Waals surface area contributed by atoms with Gasteiger partial charge in [-0.2, -0.15) is 5.10 Å². The van der Waals surface area contributed by atoms with E-state index in [2.05, 4.69) is 20.3 Å². The molecule has 30 heavy (non-hydrogen) atoms. The lowest BCUT2D eigenvalue weighted by Crippen LogP contribution is -2.35. The molecule has 0 radical (unpaired) electrons. The van der Waals surface area contributed by atoms with Gasteiger partial charge in [-0.1, -0.05) is 12.1 Å². The van der Waals surface area contributed by atoms with Crippen LogP contribution in [0.1, 0.15) is 23.3 Å². The number of amides is 1. The van der Waals surface area contributed by atoms with Crippen molar-refractivity contribution in [1.82, 2.24) is 25.0 Å². The number of pyridine rings is 1. The van der Waals surface area contributed by atoms with Crippen molar-refractivity contribution >= 4 is 5.91 Å². The summed E-state index contributed by atoms with van der Waals surface area (Å²) in [4.78, 5) is 19.0. The van der Waals surface area contributed by atoms with Gasteiger partial charge in [0.25, 0.3) is 5.91 Å². The lowest BCUT2D eigenvalue weighted by Gasteiger charge is -2.15. The van der Waals surface area contributed by atoms with Crippen LogP contribution in [0.3, 0.4) is 0 Å². The molecule has 7 nitrogen and oxygen atoms in total. The van der Waals surface area contributed by atoms with Gasteiger partial charge in [0.2, 0.25) is 0 Å². The fourth-order valence-electron chi connectivity index (χ4n) is 4.07. The van der Waals surface area contributed by atoms with Gasteiger partial charge in [0.15, 0.2) is 0 Å². The molecule has 1 amide bonds. The second-order valence-electron chi connectivity index (χ2n) is 7.75. The molecule has 0 unspecified atom stereocenters. The van der Waals surface area contributed by atoms with Crippen LogP contribution < -0.4 is 10.1 Å². The van der Waals surface area contributed by atoms with E-state index < -0.39 is 0 Å². The number of hydrogen-bond acceptors (Lipinski definition) is 5. The van der Waals surface area contributed by atoms with Crippen LogP contribution in [0.4, 0.5) is 0 Å². The zero-order valence-electron chi connectivity index (χ0n) is 16.9. The third-order valence-electron chi connectivity index (χ3n) is 5.68. The molecule has 154 valence electrons. The van der Waals surface area contributed by atoms with Gasteiger partial charge in [0, 0.05) is 30.4 Å². The highest BCUT2D eigenvalue weighted by Crippen LogP contribution is 2.27. The number of benzene rings is 1. The van der Waals surface area contributed by atoms with E-state index in [0.717, 1.165) is 34.8 Å².